The monoisotopic (exact) mass is 522 g/mol. The zero-order chi connectivity index (χ0) is 27.2. The summed E-state index contributed by atoms with van der Waals surface area (Å²) in [6, 6.07) is 16.5. The molecule has 7 nitrogen and oxygen atoms in total. The predicted octanol–water partition coefficient (Wildman–Crippen LogP) is 5.53. The summed E-state index contributed by atoms with van der Waals surface area (Å²) in [6.45, 7) is 0.994. The molecule has 38 heavy (non-hydrogen) atoms. The number of carboxylic acids is 1. The lowest BCUT2D eigenvalue weighted by atomic mass is 9.63. The van der Waals surface area contributed by atoms with Crippen LogP contribution in [0, 0.1) is 11.3 Å². The zero-order valence-corrected chi connectivity index (χ0v) is 22.7. The zero-order valence-electron chi connectivity index (χ0n) is 22.7. The Morgan fingerprint density at radius 3 is 2.39 bits per heavy atom. The summed E-state index contributed by atoms with van der Waals surface area (Å²) in [7, 11) is 4.04. The Morgan fingerprint density at radius 2 is 1.71 bits per heavy atom. The van der Waals surface area contributed by atoms with E-state index in [-0.39, 0.29) is 12.5 Å². The van der Waals surface area contributed by atoms with Gasteiger partial charge in [0, 0.05) is 24.4 Å². The first kappa shape index (κ1) is 28.1. The number of para-hydroxylation sites is 1. The summed E-state index contributed by atoms with van der Waals surface area (Å²) in [6.07, 6.45) is 7.35. The Hall–Kier alpha value is -2.90. The van der Waals surface area contributed by atoms with E-state index in [0.717, 1.165) is 50.6 Å². The van der Waals surface area contributed by atoms with Crippen LogP contribution in [-0.2, 0) is 10.4 Å². The van der Waals surface area contributed by atoms with Crippen molar-refractivity contribution in [2.24, 2.45) is 11.3 Å². The van der Waals surface area contributed by atoms with Gasteiger partial charge in [0.2, 0.25) is 0 Å². The number of hydrogen-bond donors (Lipinski definition) is 3. The third-order valence-corrected chi connectivity index (χ3v) is 8.59. The van der Waals surface area contributed by atoms with Gasteiger partial charge in [0.05, 0.1) is 11.5 Å². The van der Waals surface area contributed by atoms with Gasteiger partial charge in [0.1, 0.15) is 5.75 Å². The highest BCUT2D eigenvalue weighted by Gasteiger charge is 2.46. The molecule has 3 unspecified atom stereocenters. The van der Waals surface area contributed by atoms with Crippen molar-refractivity contribution in [1.82, 2.24) is 10.2 Å². The van der Waals surface area contributed by atoms with E-state index in [4.69, 9.17) is 4.74 Å². The molecule has 0 saturated heterocycles. The van der Waals surface area contributed by atoms with Gasteiger partial charge in [-0.25, -0.2) is 4.79 Å². The van der Waals surface area contributed by atoms with Crippen molar-refractivity contribution < 1.29 is 24.5 Å². The number of carbonyl (C=O) groups excluding carboxylic acids is 1. The lowest BCUT2D eigenvalue weighted by molar-refractivity contribution is -0.143. The van der Waals surface area contributed by atoms with Crippen molar-refractivity contribution in [1.29, 1.82) is 0 Å². The number of aliphatic carboxylic acids is 1. The Morgan fingerprint density at radius 1 is 1.00 bits per heavy atom. The average Bonchev–Trinajstić information content (AvgIpc) is 2.90. The molecule has 2 aliphatic rings. The molecule has 0 heterocycles. The molecule has 0 aliphatic heterocycles. The van der Waals surface area contributed by atoms with E-state index >= 15 is 0 Å². The largest absolute Gasteiger partial charge is 0.481 e. The fraction of sp³-hybridized carbons (Fsp3) is 0.548. The number of aliphatic hydroxyl groups is 1. The molecule has 3 N–H and O–H groups in total. The number of carbonyl (C=O) groups is 2. The van der Waals surface area contributed by atoms with Crippen LogP contribution in [0.5, 0.6) is 5.75 Å². The van der Waals surface area contributed by atoms with Crippen LogP contribution in [0.4, 0.5) is 4.79 Å². The van der Waals surface area contributed by atoms with E-state index in [9.17, 15) is 19.8 Å². The lowest BCUT2D eigenvalue weighted by Gasteiger charge is -2.44. The van der Waals surface area contributed by atoms with Gasteiger partial charge in [-0.3, -0.25) is 4.79 Å². The number of carboxylic acid groups (broad SMARTS) is 1. The second kappa shape index (κ2) is 12.3. The van der Waals surface area contributed by atoms with Crippen molar-refractivity contribution in [3.05, 3.63) is 65.7 Å². The van der Waals surface area contributed by atoms with Gasteiger partial charge < -0.3 is 25.2 Å². The first-order chi connectivity index (χ1) is 18.2. The summed E-state index contributed by atoms with van der Waals surface area (Å²) >= 11 is 0. The number of benzene rings is 2. The first-order valence-corrected chi connectivity index (χ1v) is 13.9. The van der Waals surface area contributed by atoms with Crippen LogP contribution in [0.1, 0.15) is 74.8 Å². The first-order valence-electron chi connectivity index (χ1n) is 13.9. The highest BCUT2D eigenvalue weighted by Crippen LogP contribution is 2.49. The van der Waals surface area contributed by atoms with Gasteiger partial charge in [0.25, 0.3) is 0 Å². The molecule has 2 aliphatic carbocycles. The number of nitrogens with one attached hydrogen (secondary N) is 1. The number of ether oxygens (including phenoxy) is 1. The second-order valence-electron chi connectivity index (χ2n) is 11.5. The van der Waals surface area contributed by atoms with E-state index in [1.807, 2.05) is 44.4 Å². The normalized spacial score (nSPS) is 23.9. The highest BCUT2D eigenvalue weighted by atomic mass is 16.6. The molecule has 4 rings (SSSR count). The second-order valence-corrected chi connectivity index (χ2v) is 11.5. The molecule has 0 radical (unpaired) electrons. The van der Waals surface area contributed by atoms with E-state index in [1.54, 1.807) is 24.3 Å². The van der Waals surface area contributed by atoms with Crippen LogP contribution in [0.3, 0.4) is 0 Å². The van der Waals surface area contributed by atoms with Crippen molar-refractivity contribution in [3.8, 4) is 5.75 Å². The summed E-state index contributed by atoms with van der Waals surface area (Å²) in [5.41, 5.74) is -0.136. The van der Waals surface area contributed by atoms with E-state index in [1.165, 1.54) is 0 Å². The van der Waals surface area contributed by atoms with Crippen molar-refractivity contribution in [2.45, 2.75) is 69.3 Å². The van der Waals surface area contributed by atoms with Crippen LogP contribution in [-0.4, -0.2) is 54.4 Å². The third-order valence-electron chi connectivity index (χ3n) is 8.59. The van der Waals surface area contributed by atoms with Gasteiger partial charge in [-0.05, 0) is 63.0 Å². The minimum absolute atomic E-state index is 0.0860. The maximum absolute atomic E-state index is 12.9. The topological polar surface area (TPSA) is 99.1 Å². The fourth-order valence-corrected chi connectivity index (χ4v) is 6.74. The van der Waals surface area contributed by atoms with Crippen molar-refractivity contribution in [2.75, 3.05) is 27.2 Å². The molecule has 0 bridgehead atoms. The molecular formula is C31H42N2O5. The summed E-state index contributed by atoms with van der Waals surface area (Å²) in [5, 5.41) is 25.4. The molecule has 2 fully saturated rings. The summed E-state index contributed by atoms with van der Waals surface area (Å²) < 4.78 is 5.42. The molecule has 2 aromatic rings. The number of rotatable bonds is 9. The van der Waals surface area contributed by atoms with Crippen LogP contribution < -0.4 is 10.1 Å². The van der Waals surface area contributed by atoms with Gasteiger partial charge in [-0.1, -0.05) is 74.6 Å². The Labute approximate surface area is 226 Å². The smallest absolute Gasteiger partial charge is 0.412 e. The molecule has 2 aromatic carbocycles. The van der Waals surface area contributed by atoms with E-state index in [0.29, 0.717) is 30.6 Å². The molecule has 7 heteroatoms. The standard InChI is InChI=1S/C31H42N2O5/c1-33(2)21-25-13-7-10-19-31(25,37)24-14-11-12-23(20-24)27(28(34)35)30(17-8-4-9-18-30)22-32-29(36)38-26-15-5-3-6-16-26/h3,5-6,11-12,14-16,20,25,27,37H,4,7-10,13,17-19,21-22H2,1-2H3,(H,32,36)(H,34,35). The number of nitrogens with zero attached hydrogens (tertiary/aromatic N) is 1. The molecule has 0 spiro atoms. The molecule has 2 saturated carbocycles. The minimum atomic E-state index is -0.987. The van der Waals surface area contributed by atoms with Crippen LogP contribution in [0.2, 0.25) is 0 Å². The lowest BCUT2D eigenvalue weighted by Crippen LogP contribution is -2.46. The van der Waals surface area contributed by atoms with E-state index < -0.39 is 29.0 Å². The SMILES string of the molecule is CN(C)CC1CCCCC1(O)c1cccc(C(C(=O)O)C2(CNC(=O)Oc3ccccc3)CCCCC2)c1. The Kier molecular flexibility index (Phi) is 9.11. The average molecular weight is 523 g/mol. The summed E-state index contributed by atoms with van der Waals surface area (Å²) in [4.78, 5) is 27.7. The van der Waals surface area contributed by atoms with Crippen molar-refractivity contribution >= 4 is 12.1 Å². The Bertz CT molecular complexity index is 1080. The number of amides is 1. The van der Waals surface area contributed by atoms with Crippen LogP contribution in [0.15, 0.2) is 54.6 Å². The third kappa shape index (κ3) is 6.38. The van der Waals surface area contributed by atoms with Crippen LogP contribution >= 0.6 is 0 Å². The maximum atomic E-state index is 12.9. The highest BCUT2D eigenvalue weighted by molar-refractivity contribution is 5.78. The Balaban J connectivity index is 1.62. The van der Waals surface area contributed by atoms with E-state index in [2.05, 4.69) is 10.2 Å². The molecular weight excluding hydrogens is 480 g/mol. The van der Waals surface area contributed by atoms with Gasteiger partial charge >= 0.3 is 12.1 Å². The van der Waals surface area contributed by atoms with Gasteiger partial charge in [-0.15, -0.1) is 0 Å². The molecule has 1 amide bonds. The van der Waals surface area contributed by atoms with Crippen molar-refractivity contribution in [3.63, 3.8) is 0 Å². The van der Waals surface area contributed by atoms with Crippen LogP contribution in [0.25, 0.3) is 0 Å². The minimum Gasteiger partial charge on any atom is -0.481 e. The summed E-state index contributed by atoms with van der Waals surface area (Å²) in [5.74, 6) is -1.18. The number of hydrogen-bond acceptors (Lipinski definition) is 5. The van der Waals surface area contributed by atoms with Gasteiger partial charge in [0.15, 0.2) is 0 Å². The predicted molar refractivity (Wildman–Crippen MR) is 147 cm³/mol. The quantitative estimate of drug-likeness (QED) is 0.400. The maximum Gasteiger partial charge on any atom is 0.412 e. The molecule has 206 valence electrons. The molecule has 0 aromatic heterocycles. The van der Waals surface area contributed by atoms with Gasteiger partial charge in [-0.2, -0.15) is 0 Å². The molecule has 3 atom stereocenters. The fourth-order valence-electron chi connectivity index (χ4n) is 6.74.